The van der Waals surface area contributed by atoms with E-state index in [4.69, 9.17) is 9.73 Å². The molecule has 0 aliphatic carbocycles. The van der Waals surface area contributed by atoms with Crippen LogP contribution in [-0.2, 0) is 4.79 Å². The Kier molecular flexibility index (Phi) is 6.08. The van der Waals surface area contributed by atoms with Crippen LogP contribution < -0.4 is 4.74 Å². The number of thioether (sulfide) groups is 1. The van der Waals surface area contributed by atoms with Gasteiger partial charge in [0.25, 0.3) is 11.8 Å². The molecule has 2 heterocycles. The van der Waals surface area contributed by atoms with Gasteiger partial charge in [-0.1, -0.05) is 30.0 Å². The van der Waals surface area contributed by atoms with E-state index in [1.807, 2.05) is 25.1 Å². The van der Waals surface area contributed by atoms with E-state index in [1.54, 1.807) is 36.3 Å². The van der Waals surface area contributed by atoms with E-state index >= 15 is 0 Å². The third-order valence-corrected chi connectivity index (χ3v) is 6.33. The van der Waals surface area contributed by atoms with Crippen LogP contribution in [0.15, 0.2) is 47.5 Å². The van der Waals surface area contributed by atoms with E-state index in [-0.39, 0.29) is 30.7 Å². The Morgan fingerprint density at radius 3 is 2.52 bits per heavy atom. The first kappa shape index (κ1) is 21.1. The highest BCUT2D eigenvalue weighted by Crippen LogP contribution is 2.31. The van der Waals surface area contributed by atoms with Gasteiger partial charge < -0.3 is 4.74 Å². The third kappa shape index (κ3) is 4.20. The van der Waals surface area contributed by atoms with Crippen molar-refractivity contribution in [2.24, 2.45) is 4.99 Å². The molecule has 160 valence electrons. The minimum atomic E-state index is -0.347. The van der Waals surface area contributed by atoms with Crippen LogP contribution in [0.1, 0.15) is 39.1 Å². The van der Waals surface area contributed by atoms with Crippen LogP contribution in [0.3, 0.4) is 0 Å². The lowest BCUT2D eigenvalue weighted by atomic mass is 10.1. The molecule has 7 nitrogen and oxygen atoms in total. The summed E-state index contributed by atoms with van der Waals surface area (Å²) in [5, 5.41) is 0.613. The number of benzene rings is 2. The molecule has 2 aromatic carbocycles. The van der Waals surface area contributed by atoms with Crippen LogP contribution in [0.25, 0.3) is 0 Å². The molecule has 2 aromatic rings. The first-order valence-corrected chi connectivity index (χ1v) is 11.1. The standard InChI is InChI=1S/C23H23N3O4S/c1-15-8-9-19(30-2)18(14-15)24-23-25(11-5-13-31-23)20(27)10-12-26-21(28)16-6-3-4-7-17(16)22(26)29/h3-4,6-9,14H,5,10-13H2,1-2H3. The summed E-state index contributed by atoms with van der Waals surface area (Å²) < 4.78 is 5.41. The van der Waals surface area contributed by atoms with Gasteiger partial charge in [-0.05, 0) is 43.2 Å². The van der Waals surface area contributed by atoms with Crippen molar-refractivity contribution in [2.45, 2.75) is 19.8 Å². The Labute approximate surface area is 185 Å². The number of carbonyl (C=O) groups excluding carboxylic acids is 3. The first-order valence-electron chi connectivity index (χ1n) is 10.1. The zero-order valence-corrected chi connectivity index (χ0v) is 18.3. The summed E-state index contributed by atoms with van der Waals surface area (Å²) in [6.07, 6.45) is 0.906. The molecule has 2 aliphatic heterocycles. The molecule has 0 aromatic heterocycles. The lowest BCUT2D eigenvalue weighted by Gasteiger charge is -2.28. The number of imide groups is 1. The molecule has 0 atom stereocenters. The average Bonchev–Trinajstić information content (AvgIpc) is 3.03. The van der Waals surface area contributed by atoms with Crippen LogP contribution in [0, 0.1) is 6.92 Å². The van der Waals surface area contributed by atoms with E-state index < -0.39 is 0 Å². The quantitative estimate of drug-likeness (QED) is 0.668. The summed E-state index contributed by atoms with van der Waals surface area (Å²) in [6.45, 7) is 2.58. The topological polar surface area (TPSA) is 79.3 Å². The minimum Gasteiger partial charge on any atom is -0.494 e. The number of aryl methyl sites for hydroxylation is 1. The number of hydrogen-bond acceptors (Lipinski definition) is 6. The molecule has 0 unspecified atom stereocenters. The largest absolute Gasteiger partial charge is 0.494 e. The van der Waals surface area contributed by atoms with Crippen LogP contribution in [0.5, 0.6) is 5.75 Å². The van der Waals surface area contributed by atoms with Crippen LogP contribution in [0.2, 0.25) is 0 Å². The summed E-state index contributed by atoms with van der Waals surface area (Å²) in [7, 11) is 1.59. The number of amidine groups is 1. The molecule has 8 heteroatoms. The van der Waals surface area contributed by atoms with Crippen LogP contribution in [-0.4, -0.2) is 58.6 Å². The summed E-state index contributed by atoms with van der Waals surface area (Å²) in [6, 6.07) is 12.5. The Balaban J connectivity index is 1.49. The fourth-order valence-electron chi connectivity index (χ4n) is 3.66. The lowest BCUT2D eigenvalue weighted by molar-refractivity contribution is -0.127. The van der Waals surface area contributed by atoms with Gasteiger partial charge in [0, 0.05) is 25.3 Å². The second-order valence-electron chi connectivity index (χ2n) is 7.37. The van der Waals surface area contributed by atoms with Crippen molar-refractivity contribution in [2.75, 3.05) is 26.0 Å². The summed E-state index contributed by atoms with van der Waals surface area (Å²) in [5.74, 6) is 0.659. The van der Waals surface area contributed by atoms with Gasteiger partial charge in [-0.2, -0.15) is 0 Å². The number of ether oxygens (including phenoxy) is 1. The maximum Gasteiger partial charge on any atom is 0.261 e. The average molecular weight is 438 g/mol. The number of amides is 3. The second-order valence-corrected chi connectivity index (χ2v) is 8.44. The predicted octanol–water partition coefficient (Wildman–Crippen LogP) is 3.64. The number of fused-ring (bicyclic) bond motifs is 1. The fourth-order valence-corrected chi connectivity index (χ4v) is 4.63. The number of aliphatic imine (C=N–C) groups is 1. The van der Waals surface area contributed by atoms with Gasteiger partial charge in [-0.3, -0.25) is 24.2 Å². The van der Waals surface area contributed by atoms with E-state index in [9.17, 15) is 14.4 Å². The number of methoxy groups -OCH3 is 1. The number of hydrogen-bond donors (Lipinski definition) is 0. The van der Waals surface area contributed by atoms with Gasteiger partial charge in [-0.25, -0.2) is 4.99 Å². The van der Waals surface area contributed by atoms with Crippen molar-refractivity contribution in [1.82, 2.24) is 9.80 Å². The molecule has 1 fully saturated rings. The number of carbonyl (C=O) groups is 3. The zero-order valence-electron chi connectivity index (χ0n) is 17.5. The second kappa shape index (κ2) is 8.93. The van der Waals surface area contributed by atoms with Gasteiger partial charge in [-0.15, -0.1) is 0 Å². The molecule has 0 radical (unpaired) electrons. The van der Waals surface area contributed by atoms with Crippen molar-refractivity contribution in [3.8, 4) is 5.75 Å². The molecule has 3 amide bonds. The fraction of sp³-hybridized carbons (Fsp3) is 0.304. The summed E-state index contributed by atoms with van der Waals surface area (Å²) >= 11 is 1.52. The van der Waals surface area contributed by atoms with Gasteiger partial charge >= 0.3 is 0 Å². The van der Waals surface area contributed by atoms with Crippen molar-refractivity contribution in [3.63, 3.8) is 0 Å². The highest BCUT2D eigenvalue weighted by atomic mass is 32.2. The highest BCUT2D eigenvalue weighted by Gasteiger charge is 2.35. The van der Waals surface area contributed by atoms with Gasteiger partial charge in [0.1, 0.15) is 11.4 Å². The monoisotopic (exact) mass is 437 g/mol. The molecular weight excluding hydrogens is 414 g/mol. The van der Waals surface area contributed by atoms with E-state index in [2.05, 4.69) is 0 Å². The Morgan fingerprint density at radius 2 is 1.84 bits per heavy atom. The van der Waals surface area contributed by atoms with Crippen LogP contribution in [0.4, 0.5) is 5.69 Å². The molecular formula is C23H23N3O4S. The molecule has 1 saturated heterocycles. The van der Waals surface area contributed by atoms with Crippen LogP contribution >= 0.6 is 11.8 Å². The maximum absolute atomic E-state index is 13.0. The van der Waals surface area contributed by atoms with Gasteiger partial charge in [0.05, 0.1) is 18.2 Å². The Morgan fingerprint density at radius 1 is 1.13 bits per heavy atom. The molecule has 0 N–H and O–H groups in total. The minimum absolute atomic E-state index is 0.0490. The molecule has 4 rings (SSSR count). The maximum atomic E-state index is 13.0. The zero-order chi connectivity index (χ0) is 22.0. The van der Waals surface area contributed by atoms with Crippen molar-refractivity contribution >= 4 is 40.3 Å². The molecule has 0 bridgehead atoms. The Hall–Kier alpha value is -3.13. The first-order chi connectivity index (χ1) is 15.0. The summed E-state index contributed by atoms with van der Waals surface area (Å²) in [5.41, 5.74) is 2.50. The third-order valence-electron chi connectivity index (χ3n) is 5.27. The number of nitrogens with zero attached hydrogens (tertiary/aromatic N) is 3. The smallest absolute Gasteiger partial charge is 0.261 e. The Bertz CT molecular complexity index is 1050. The molecule has 0 spiro atoms. The normalized spacial score (nSPS) is 17.3. The molecule has 31 heavy (non-hydrogen) atoms. The van der Waals surface area contributed by atoms with E-state index in [1.165, 1.54) is 11.8 Å². The highest BCUT2D eigenvalue weighted by molar-refractivity contribution is 8.13. The predicted molar refractivity (Wildman–Crippen MR) is 120 cm³/mol. The number of rotatable bonds is 5. The van der Waals surface area contributed by atoms with Crippen molar-refractivity contribution in [3.05, 3.63) is 59.2 Å². The van der Waals surface area contributed by atoms with Crippen molar-refractivity contribution < 1.29 is 19.1 Å². The molecule has 0 saturated carbocycles. The van der Waals surface area contributed by atoms with Crippen molar-refractivity contribution in [1.29, 1.82) is 0 Å². The summed E-state index contributed by atoms with van der Waals surface area (Å²) in [4.78, 5) is 45.6. The van der Waals surface area contributed by atoms with Gasteiger partial charge in [0.2, 0.25) is 5.91 Å². The SMILES string of the molecule is COc1ccc(C)cc1N=C1SCCCN1C(=O)CCN1C(=O)c2ccccc2C1=O. The lowest BCUT2D eigenvalue weighted by Crippen LogP contribution is -2.41. The van der Waals surface area contributed by atoms with E-state index in [0.717, 1.165) is 22.6 Å². The molecule has 2 aliphatic rings. The van der Waals surface area contributed by atoms with Gasteiger partial charge in [0.15, 0.2) is 5.17 Å². The van der Waals surface area contributed by atoms with E-state index in [0.29, 0.717) is 34.3 Å².